The van der Waals surface area contributed by atoms with Gasteiger partial charge in [0, 0.05) is 0 Å². The van der Waals surface area contributed by atoms with Gasteiger partial charge in [0.05, 0.1) is 12.5 Å². The molecule has 2 rings (SSSR count). The highest BCUT2D eigenvalue weighted by molar-refractivity contribution is 5.89. The lowest BCUT2D eigenvalue weighted by atomic mass is 9.90. The SMILES string of the molecule is O=C(O)C1CCCCC1.O=C1O[C@H]([C@@H](O)CO)C(O)=C1O. The molecule has 0 aromatic rings. The minimum atomic E-state index is -1.42. The van der Waals surface area contributed by atoms with Crippen LogP contribution in [0.15, 0.2) is 11.5 Å². The maximum atomic E-state index is 10.5. The van der Waals surface area contributed by atoms with Gasteiger partial charge in [-0.25, -0.2) is 4.79 Å². The number of esters is 1. The topological polar surface area (TPSA) is 145 Å². The van der Waals surface area contributed by atoms with Gasteiger partial charge in [0.1, 0.15) is 6.10 Å². The molecule has 1 aliphatic heterocycles. The number of aliphatic carboxylic acids is 1. The zero-order valence-corrected chi connectivity index (χ0v) is 11.4. The molecule has 0 amide bonds. The fourth-order valence-electron chi connectivity index (χ4n) is 2.17. The molecule has 1 fully saturated rings. The predicted octanol–water partition coefficient (Wildman–Crippen LogP) is 0.244. The van der Waals surface area contributed by atoms with Crippen molar-refractivity contribution < 1.29 is 39.9 Å². The third-order valence-electron chi connectivity index (χ3n) is 3.43. The molecule has 2 aliphatic rings. The average molecular weight is 304 g/mol. The minimum absolute atomic E-state index is 0.0289. The van der Waals surface area contributed by atoms with Crippen LogP contribution in [0.25, 0.3) is 0 Å². The molecule has 120 valence electrons. The Balaban J connectivity index is 0.000000219. The highest BCUT2D eigenvalue weighted by Crippen LogP contribution is 2.23. The summed E-state index contributed by atoms with van der Waals surface area (Å²) in [4.78, 5) is 20.9. The first-order valence-corrected chi connectivity index (χ1v) is 6.73. The Bertz CT molecular complexity index is 410. The van der Waals surface area contributed by atoms with E-state index in [1.807, 2.05) is 0 Å². The van der Waals surface area contributed by atoms with Crippen LogP contribution in [0.3, 0.4) is 0 Å². The Morgan fingerprint density at radius 3 is 2.14 bits per heavy atom. The zero-order valence-electron chi connectivity index (χ0n) is 11.4. The van der Waals surface area contributed by atoms with Crippen molar-refractivity contribution in [2.45, 2.75) is 44.3 Å². The van der Waals surface area contributed by atoms with E-state index < -0.39 is 42.3 Å². The van der Waals surface area contributed by atoms with Gasteiger partial charge in [-0.15, -0.1) is 0 Å². The number of ether oxygens (including phenoxy) is 1. The van der Waals surface area contributed by atoms with Gasteiger partial charge in [0.25, 0.3) is 0 Å². The third kappa shape index (κ3) is 4.61. The Morgan fingerprint density at radius 1 is 1.24 bits per heavy atom. The van der Waals surface area contributed by atoms with Crippen LogP contribution >= 0.6 is 0 Å². The number of aliphatic hydroxyl groups excluding tert-OH is 4. The van der Waals surface area contributed by atoms with Gasteiger partial charge < -0.3 is 30.3 Å². The number of carboxylic acid groups (broad SMARTS) is 1. The van der Waals surface area contributed by atoms with E-state index in [1.54, 1.807) is 0 Å². The van der Waals surface area contributed by atoms with Crippen LogP contribution in [0, 0.1) is 5.92 Å². The molecule has 5 N–H and O–H groups in total. The van der Waals surface area contributed by atoms with Crippen LogP contribution in [-0.4, -0.2) is 56.3 Å². The van der Waals surface area contributed by atoms with E-state index >= 15 is 0 Å². The van der Waals surface area contributed by atoms with Crippen molar-refractivity contribution >= 4 is 11.9 Å². The van der Waals surface area contributed by atoms with Crippen molar-refractivity contribution in [2.24, 2.45) is 5.92 Å². The average Bonchev–Trinajstić information content (AvgIpc) is 2.75. The number of hydrogen-bond donors (Lipinski definition) is 5. The van der Waals surface area contributed by atoms with Crippen LogP contribution in [0.1, 0.15) is 32.1 Å². The lowest BCUT2D eigenvalue weighted by molar-refractivity contribution is -0.147. The first-order valence-electron chi connectivity index (χ1n) is 6.73. The summed E-state index contributed by atoms with van der Waals surface area (Å²) in [5.41, 5.74) is 0. The monoisotopic (exact) mass is 304 g/mol. The Morgan fingerprint density at radius 2 is 1.81 bits per heavy atom. The van der Waals surface area contributed by atoms with E-state index in [4.69, 9.17) is 25.5 Å². The van der Waals surface area contributed by atoms with Crippen LogP contribution in [0.4, 0.5) is 0 Å². The molecule has 8 nitrogen and oxygen atoms in total. The van der Waals surface area contributed by atoms with E-state index in [1.165, 1.54) is 6.42 Å². The van der Waals surface area contributed by atoms with Gasteiger partial charge >= 0.3 is 11.9 Å². The van der Waals surface area contributed by atoms with Crippen molar-refractivity contribution in [2.75, 3.05) is 6.61 Å². The number of hydrogen-bond acceptors (Lipinski definition) is 7. The van der Waals surface area contributed by atoms with E-state index in [-0.39, 0.29) is 5.92 Å². The number of carbonyl (C=O) groups excluding carboxylic acids is 1. The first-order chi connectivity index (χ1) is 9.88. The summed E-state index contributed by atoms with van der Waals surface area (Å²) in [6.45, 7) is -0.671. The number of cyclic esters (lactones) is 1. The molecule has 0 spiro atoms. The Hall–Kier alpha value is -1.80. The molecule has 0 aromatic heterocycles. The van der Waals surface area contributed by atoms with E-state index in [9.17, 15) is 9.59 Å². The molecule has 2 atom stereocenters. The minimum Gasteiger partial charge on any atom is -0.505 e. The second-order valence-corrected chi connectivity index (χ2v) is 4.98. The van der Waals surface area contributed by atoms with Gasteiger partial charge in [-0.2, -0.15) is 0 Å². The van der Waals surface area contributed by atoms with E-state index in [0.717, 1.165) is 25.7 Å². The van der Waals surface area contributed by atoms with Crippen LogP contribution < -0.4 is 0 Å². The van der Waals surface area contributed by atoms with E-state index in [0.29, 0.717) is 0 Å². The van der Waals surface area contributed by atoms with Gasteiger partial charge in [0.2, 0.25) is 5.76 Å². The quantitative estimate of drug-likeness (QED) is 0.466. The molecule has 8 heteroatoms. The number of carbonyl (C=O) groups is 2. The summed E-state index contributed by atoms with van der Waals surface area (Å²) < 4.78 is 4.32. The molecule has 0 bridgehead atoms. The standard InChI is InChI=1S/C7H12O2.C6H8O6/c8-7(9)6-4-2-1-3-5-6;7-1-2(8)5-3(9)4(10)6(11)12-5/h6H,1-5H2,(H,8,9);2,5,7-10H,1H2/t;2-,5+/m.0/s1. The molecule has 21 heavy (non-hydrogen) atoms. The molecular weight excluding hydrogens is 284 g/mol. The largest absolute Gasteiger partial charge is 0.505 e. The molecular formula is C13H20O8. The number of rotatable bonds is 3. The lowest BCUT2D eigenvalue weighted by Gasteiger charge is -2.16. The second kappa shape index (κ2) is 7.84. The maximum Gasteiger partial charge on any atom is 0.377 e. The van der Waals surface area contributed by atoms with Crippen molar-refractivity contribution in [3.63, 3.8) is 0 Å². The van der Waals surface area contributed by atoms with Crippen LogP contribution in [-0.2, 0) is 14.3 Å². The first kappa shape index (κ1) is 17.3. The summed E-state index contributed by atoms with van der Waals surface area (Å²) in [6.07, 6.45) is 2.46. The Labute approximate surface area is 121 Å². The predicted molar refractivity (Wildman–Crippen MR) is 69.5 cm³/mol. The number of aliphatic hydroxyl groups is 4. The molecule has 0 saturated heterocycles. The summed E-state index contributed by atoms with van der Waals surface area (Å²) in [6, 6.07) is 0. The summed E-state index contributed by atoms with van der Waals surface area (Å²) in [7, 11) is 0. The molecule has 0 unspecified atom stereocenters. The lowest BCUT2D eigenvalue weighted by Crippen LogP contribution is -2.31. The van der Waals surface area contributed by atoms with Gasteiger partial charge in [-0.3, -0.25) is 4.79 Å². The van der Waals surface area contributed by atoms with Crippen LogP contribution in [0.5, 0.6) is 0 Å². The summed E-state index contributed by atoms with van der Waals surface area (Å²) in [5, 5.41) is 43.6. The maximum absolute atomic E-state index is 10.5. The summed E-state index contributed by atoms with van der Waals surface area (Å²) in [5.74, 6) is -3.41. The van der Waals surface area contributed by atoms with Crippen molar-refractivity contribution in [1.82, 2.24) is 0 Å². The molecule has 1 saturated carbocycles. The molecule has 1 heterocycles. The second-order valence-electron chi connectivity index (χ2n) is 4.98. The normalized spacial score (nSPS) is 24.1. The molecule has 0 radical (unpaired) electrons. The fraction of sp³-hybridized carbons (Fsp3) is 0.692. The van der Waals surface area contributed by atoms with Crippen molar-refractivity contribution in [3.05, 3.63) is 11.5 Å². The van der Waals surface area contributed by atoms with Crippen LogP contribution in [0.2, 0.25) is 0 Å². The van der Waals surface area contributed by atoms with Gasteiger partial charge in [-0.1, -0.05) is 19.3 Å². The smallest absolute Gasteiger partial charge is 0.377 e. The zero-order chi connectivity index (χ0) is 16.0. The molecule has 1 aliphatic carbocycles. The highest BCUT2D eigenvalue weighted by Gasteiger charge is 2.38. The number of carboxylic acids is 1. The van der Waals surface area contributed by atoms with Gasteiger partial charge in [-0.05, 0) is 12.8 Å². The molecule has 0 aromatic carbocycles. The fourth-order valence-corrected chi connectivity index (χ4v) is 2.17. The van der Waals surface area contributed by atoms with E-state index in [2.05, 4.69) is 4.74 Å². The Kier molecular flexibility index (Phi) is 6.44. The van der Waals surface area contributed by atoms with Gasteiger partial charge in [0.15, 0.2) is 11.9 Å². The highest BCUT2D eigenvalue weighted by atomic mass is 16.6. The van der Waals surface area contributed by atoms with Crippen molar-refractivity contribution in [1.29, 1.82) is 0 Å². The van der Waals surface area contributed by atoms with Crippen molar-refractivity contribution in [3.8, 4) is 0 Å². The third-order valence-corrected chi connectivity index (χ3v) is 3.43. The summed E-state index contributed by atoms with van der Waals surface area (Å²) >= 11 is 0.